The van der Waals surface area contributed by atoms with Gasteiger partial charge < -0.3 is 20.5 Å². The van der Waals surface area contributed by atoms with E-state index in [9.17, 15) is 10.1 Å². The van der Waals surface area contributed by atoms with E-state index in [2.05, 4.69) is 16.5 Å². The number of pyridine rings is 1. The molecule has 0 spiro atoms. The molecule has 2 heterocycles. The maximum absolute atomic E-state index is 14.0. The lowest BCUT2D eigenvalue weighted by Gasteiger charge is -2.32. The molecule has 9 nitrogen and oxygen atoms in total. The third-order valence-electron chi connectivity index (χ3n) is 7.27. The van der Waals surface area contributed by atoms with Crippen molar-refractivity contribution in [1.82, 2.24) is 9.61 Å². The number of nitriles is 1. The fraction of sp³-hybridized carbons (Fsp3) is 0.500. The van der Waals surface area contributed by atoms with E-state index in [1.807, 2.05) is 58.0 Å². The van der Waals surface area contributed by atoms with Gasteiger partial charge in [-0.2, -0.15) is 10.4 Å². The zero-order chi connectivity index (χ0) is 27.7. The molecular weight excluding hydrogens is 492 g/mol. The lowest BCUT2D eigenvalue weighted by atomic mass is 9.91. The number of aromatic nitrogens is 2. The number of fused-ring (bicyclic) bond motifs is 1. The van der Waals surface area contributed by atoms with Gasteiger partial charge in [0.2, 0.25) is 0 Å². The fourth-order valence-electron chi connectivity index (χ4n) is 5.33. The Morgan fingerprint density at radius 2 is 1.85 bits per heavy atom. The Hall–Kier alpha value is -3.77. The Balaban J connectivity index is 1.72. The van der Waals surface area contributed by atoms with E-state index in [1.165, 1.54) is 0 Å². The molecule has 2 aromatic heterocycles. The summed E-state index contributed by atoms with van der Waals surface area (Å²) < 4.78 is 13.3. The van der Waals surface area contributed by atoms with Gasteiger partial charge in [0.25, 0.3) is 0 Å². The van der Waals surface area contributed by atoms with Crippen molar-refractivity contribution in [2.75, 3.05) is 16.8 Å². The number of carbonyl (C=O) groups excluding carboxylic acids is 1. The summed E-state index contributed by atoms with van der Waals surface area (Å²) in [6.07, 6.45) is 6.86. The van der Waals surface area contributed by atoms with Crippen LogP contribution in [0.25, 0.3) is 5.52 Å². The number of anilines is 3. The predicted molar refractivity (Wildman–Crippen MR) is 152 cm³/mol. The van der Waals surface area contributed by atoms with Crippen LogP contribution < -0.4 is 20.7 Å². The highest BCUT2D eigenvalue weighted by molar-refractivity contribution is 5.99. The first-order chi connectivity index (χ1) is 18.7. The summed E-state index contributed by atoms with van der Waals surface area (Å²) in [6, 6.07) is 12.1. The first-order valence-electron chi connectivity index (χ1n) is 13.9. The summed E-state index contributed by atoms with van der Waals surface area (Å²) in [6.45, 7) is 8.04. The van der Waals surface area contributed by atoms with E-state index in [-0.39, 0.29) is 18.0 Å². The van der Waals surface area contributed by atoms with Gasteiger partial charge in [-0.05, 0) is 102 Å². The Kier molecular flexibility index (Phi) is 7.41. The number of nitrogens with zero attached hydrogens (tertiary/aromatic N) is 4. The van der Waals surface area contributed by atoms with Crippen LogP contribution in [0.3, 0.4) is 0 Å². The third kappa shape index (κ3) is 5.66. The topological polar surface area (TPSA) is 118 Å². The minimum atomic E-state index is -0.710. The van der Waals surface area contributed by atoms with Crippen LogP contribution in [-0.2, 0) is 4.74 Å². The van der Waals surface area contributed by atoms with E-state index in [1.54, 1.807) is 15.6 Å². The summed E-state index contributed by atoms with van der Waals surface area (Å²) in [5.41, 5.74) is 9.01. The SMILES string of the molecule is CCOc1ccc(N(C(=O)OC(C)(C)C)c2c(C3CC3)c(N[C@H]3CC[C@H](N)CC3)c(C#N)c3ccnn23)cc1. The molecule has 0 atom stereocenters. The van der Waals surface area contributed by atoms with Crippen molar-refractivity contribution in [3.63, 3.8) is 0 Å². The molecule has 0 radical (unpaired) electrons. The van der Waals surface area contributed by atoms with Crippen molar-refractivity contribution in [1.29, 1.82) is 5.26 Å². The minimum Gasteiger partial charge on any atom is -0.494 e. The highest BCUT2D eigenvalue weighted by Crippen LogP contribution is 2.51. The number of hydrogen-bond acceptors (Lipinski definition) is 7. The van der Waals surface area contributed by atoms with Crippen LogP contribution in [0.2, 0.25) is 0 Å². The monoisotopic (exact) mass is 530 g/mol. The highest BCUT2D eigenvalue weighted by atomic mass is 16.6. The van der Waals surface area contributed by atoms with Gasteiger partial charge in [-0.1, -0.05) is 0 Å². The normalized spacial score (nSPS) is 19.4. The third-order valence-corrected chi connectivity index (χ3v) is 7.27. The lowest BCUT2D eigenvalue weighted by Crippen LogP contribution is -2.36. The van der Waals surface area contributed by atoms with Crippen molar-refractivity contribution < 1.29 is 14.3 Å². The molecule has 2 aliphatic carbocycles. The summed E-state index contributed by atoms with van der Waals surface area (Å²) in [7, 11) is 0. The quantitative estimate of drug-likeness (QED) is 0.371. The van der Waals surface area contributed by atoms with Crippen LogP contribution >= 0.6 is 0 Å². The molecule has 206 valence electrons. The average molecular weight is 531 g/mol. The number of ether oxygens (including phenoxy) is 2. The molecule has 3 aromatic rings. The first kappa shape index (κ1) is 26.8. The molecule has 39 heavy (non-hydrogen) atoms. The lowest BCUT2D eigenvalue weighted by molar-refractivity contribution is 0.0597. The maximum atomic E-state index is 14.0. The van der Waals surface area contributed by atoms with Crippen molar-refractivity contribution in [2.24, 2.45) is 5.73 Å². The summed E-state index contributed by atoms with van der Waals surface area (Å²) in [4.78, 5) is 15.6. The van der Waals surface area contributed by atoms with Crippen molar-refractivity contribution in [2.45, 2.75) is 89.8 Å². The molecule has 2 saturated carbocycles. The number of nitrogens with one attached hydrogen (secondary N) is 1. The molecule has 0 aliphatic heterocycles. The number of rotatable bonds is 7. The summed E-state index contributed by atoms with van der Waals surface area (Å²) >= 11 is 0. The standard InChI is InChI=1S/C30H38N6O3/c1-5-38-23-14-12-22(13-15-23)35(29(37)39-30(2,3)4)28-26(19-6-7-19)27(34-21-10-8-20(32)9-11-21)24(18-31)25-16-17-33-36(25)28/h12-17,19-21,34H,5-11,32H2,1-4H3/t20-,21-. The molecule has 2 fully saturated rings. The molecular formula is C30H38N6O3. The largest absolute Gasteiger partial charge is 0.494 e. The van der Waals surface area contributed by atoms with Gasteiger partial charge in [0.15, 0.2) is 0 Å². The van der Waals surface area contributed by atoms with Gasteiger partial charge >= 0.3 is 6.09 Å². The molecule has 1 aromatic carbocycles. The number of amides is 1. The molecule has 0 bridgehead atoms. The van der Waals surface area contributed by atoms with Crippen molar-refractivity contribution in [3.8, 4) is 11.8 Å². The van der Waals surface area contributed by atoms with E-state index in [0.29, 0.717) is 29.2 Å². The number of benzene rings is 1. The van der Waals surface area contributed by atoms with Crippen LogP contribution in [0.5, 0.6) is 5.75 Å². The van der Waals surface area contributed by atoms with E-state index in [4.69, 9.17) is 15.2 Å². The Labute approximate surface area is 229 Å². The molecule has 9 heteroatoms. The second-order valence-corrected chi connectivity index (χ2v) is 11.5. The molecule has 2 aliphatic rings. The van der Waals surface area contributed by atoms with Crippen molar-refractivity contribution in [3.05, 3.63) is 47.7 Å². The van der Waals surface area contributed by atoms with Gasteiger partial charge in [-0.25, -0.2) is 14.2 Å². The first-order valence-corrected chi connectivity index (χ1v) is 13.9. The van der Waals surface area contributed by atoms with Gasteiger partial charge in [0, 0.05) is 17.6 Å². The van der Waals surface area contributed by atoms with Gasteiger partial charge in [0.05, 0.1) is 29.7 Å². The van der Waals surface area contributed by atoms with Crippen LogP contribution in [0.15, 0.2) is 36.5 Å². The van der Waals surface area contributed by atoms with E-state index in [0.717, 1.165) is 55.5 Å². The van der Waals surface area contributed by atoms with Crippen molar-refractivity contribution >= 4 is 28.8 Å². The maximum Gasteiger partial charge on any atom is 0.420 e. The molecule has 0 saturated heterocycles. The van der Waals surface area contributed by atoms with Gasteiger partial charge in [-0.15, -0.1) is 0 Å². The van der Waals surface area contributed by atoms with Gasteiger partial charge in [-0.3, -0.25) is 0 Å². The van der Waals surface area contributed by atoms with Crippen LogP contribution in [0, 0.1) is 11.3 Å². The van der Waals surface area contributed by atoms with Crippen LogP contribution in [0.1, 0.15) is 83.3 Å². The smallest absolute Gasteiger partial charge is 0.420 e. The summed E-state index contributed by atoms with van der Waals surface area (Å²) in [5, 5.41) is 18.7. The van der Waals surface area contributed by atoms with E-state index >= 15 is 0 Å². The second-order valence-electron chi connectivity index (χ2n) is 11.5. The second kappa shape index (κ2) is 10.8. The van der Waals surface area contributed by atoms with Crippen LogP contribution in [0.4, 0.5) is 22.0 Å². The Morgan fingerprint density at radius 3 is 2.44 bits per heavy atom. The zero-order valence-corrected chi connectivity index (χ0v) is 23.2. The minimum absolute atomic E-state index is 0.196. The number of carbonyl (C=O) groups is 1. The average Bonchev–Trinajstić information content (AvgIpc) is 3.61. The predicted octanol–water partition coefficient (Wildman–Crippen LogP) is 6.24. The number of hydrogen-bond donors (Lipinski definition) is 2. The molecule has 3 N–H and O–H groups in total. The fourth-order valence-corrected chi connectivity index (χ4v) is 5.33. The zero-order valence-electron chi connectivity index (χ0n) is 23.2. The molecule has 5 rings (SSSR count). The summed E-state index contributed by atoms with van der Waals surface area (Å²) in [5.74, 6) is 1.52. The molecule has 1 amide bonds. The highest BCUT2D eigenvalue weighted by Gasteiger charge is 2.39. The number of nitrogens with two attached hydrogens (primary N) is 1. The van der Waals surface area contributed by atoms with Crippen LogP contribution in [-0.4, -0.2) is 40.0 Å². The van der Waals surface area contributed by atoms with Gasteiger partial charge in [0.1, 0.15) is 28.8 Å². The Bertz CT molecular complexity index is 1370. The Morgan fingerprint density at radius 1 is 1.15 bits per heavy atom. The van der Waals surface area contributed by atoms with E-state index < -0.39 is 11.7 Å². The molecule has 0 unspecified atom stereocenters.